The van der Waals surface area contributed by atoms with Crippen molar-refractivity contribution in [3.8, 4) is 17.2 Å². The second kappa shape index (κ2) is 8.65. The minimum absolute atomic E-state index is 0.425. The van der Waals surface area contributed by atoms with Crippen molar-refractivity contribution in [3.05, 3.63) is 52.5 Å². The molecule has 0 aromatic heterocycles. The molecule has 0 saturated heterocycles. The summed E-state index contributed by atoms with van der Waals surface area (Å²) in [6.07, 6.45) is 0.815. The first kappa shape index (κ1) is 17.4. The zero-order chi connectivity index (χ0) is 16.7. The third-order valence-electron chi connectivity index (χ3n) is 3.40. The predicted molar refractivity (Wildman–Crippen MR) is 92.9 cm³/mol. The van der Waals surface area contributed by atoms with Gasteiger partial charge in [0.15, 0.2) is 11.5 Å². The molecule has 2 aromatic carbocycles. The summed E-state index contributed by atoms with van der Waals surface area (Å²) in [6.45, 7) is 3.42. The first-order valence-corrected chi connectivity index (χ1v) is 7.90. The molecule has 0 radical (unpaired) electrons. The molecule has 0 bridgehead atoms. The molecular formula is C18H22ClNO3. The summed E-state index contributed by atoms with van der Waals surface area (Å²) < 4.78 is 16.7. The van der Waals surface area contributed by atoms with Crippen LogP contribution in [-0.4, -0.2) is 26.9 Å². The van der Waals surface area contributed by atoms with Crippen LogP contribution >= 0.6 is 11.6 Å². The lowest BCUT2D eigenvalue weighted by molar-refractivity contribution is 0.211. The average Bonchev–Trinajstić information content (AvgIpc) is 2.56. The highest BCUT2D eigenvalue weighted by atomic mass is 35.5. The van der Waals surface area contributed by atoms with Crippen LogP contribution in [0.4, 0.5) is 0 Å². The van der Waals surface area contributed by atoms with Crippen LogP contribution in [0.15, 0.2) is 36.4 Å². The standard InChI is InChI=1S/C18H22ClNO3/c1-13-11-15(4-5-16(13)19)22-9-10-23-17-6-3-14(7-8-20)12-18(17)21-2/h3-6,11-12H,7-10,20H2,1-2H3. The molecule has 0 unspecified atom stereocenters. The molecule has 23 heavy (non-hydrogen) atoms. The number of methoxy groups -OCH3 is 1. The van der Waals surface area contributed by atoms with E-state index in [0.717, 1.165) is 28.3 Å². The largest absolute Gasteiger partial charge is 0.493 e. The molecule has 2 aromatic rings. The Morgan fingerprint density at radius 2 is 1.78 bits per heavy atom. The highest BCUT2D eigenvalue weighted by molar-refractivity contribution is 6.31. The molecule has 4 nitrogen and oxygen atoms in total. The predicted octanol–water partition coefficient (Wildman–Crippen LogP) is 3.62. The van der Waals surface area contributed by atoms with Crippen LogP contribution in [0.5, 0.6) is 17.2 Å². The van der Waals surface area contributed by atoms with Crippen LogP contribution < -0.4 is 19.9 Å². The first-order valence-electron chi connectivity index (χ1n) is 7.52. The van der Waals surface area contributed by atoms with Gasteiger partial charge in [-0.1, -0.05) is 17.7 Å². The van der Waals surface area contributed by atoms with Gasteiger partial charge < -0.3 is 19.9 Å². The maximum absolute atomic E-state index is 5.99. The third-order valence-corrected chi connectivity index (χ3v) is 3.82. The molecule has 5 heteroatoms. The van der Waals surface area contributed by atoms with Crippen LogP contribution in [0.25, 0.3) is 0 Å². The van der Waals surface area contributed by atoms with Gasteiger partial charge >= 0.3 is 0 Å². The number of rotatable bonds is 8. The molecule has 0 aliphatic heterocycles. The van der Waals surface area contributed by atoms with Gasteiger partial charge in [-0.15, -0.1) is 0 Å². The van der Waals surface area contributed by atoms with E-state index in [2.05, 4.69) is 0 Å². The number of ether oxygens (including phenoxy) is 3. The summed E-state index contributed by atoms with van der Waals surface area (Å²) in [7, 11) is 1.63. The highest BCUT2D eigenvalue weighted by Crippen LogP contribution is 2.28. The van der Waals surface area contributed by atoms with E-state index in [1.165, 1.54) is 0 Å². The normalized spacial score (nSPS) is 10.4. The van der Waals surface area contributed by atoms with Gasteiger partial charge in [-0.2, -0.15) is 0 Å². The Bertz CT molecular complexity index is 646. The molecule has 0 amide bonds. The van der Waals surface area contributed by atoms with Crippen molar-refractivity contribution in [1.29, 1.82) is 0 Å². The Kier molecular flexibility index (Phi) is 6.56. The minimum Gasteiger partial charge on any atom is -0.493 e. The number of hydrogen-bond acceptors (Lipinski definition) is 4. The molecule has 2 rings (SSSR count). The smallest absolute Gasteiger partial charge is 0.161 e. The Balaban J connectivity index is 1.87. The third kappa shape index (κ3) is 5.05. The number of benzene rings is 2. The number of aryl methyl sites for hydroxylation is 1. The molecule has 0 atom stereocenters. The summed E-state index contributed by atoms with van der Waals surface area (Å²) in [5.41, 5.74) is 7.68. The quantitative estimate of drug-likeness (QED) is 0.749. The maximum atomic E-state index is 5.99. The summed E-state index contributed by atoms with van der Waals surface area (Å²) in [6, 6.07) is 11.4. The molecule has 124 valence electrons. The van der Waals surface area contributed by atoms with E-state index in [9.17, 15) is 0 Å². The van der Waals surface area contributed by atoms with Gasteiger partial charge in [-0.25, -0.2) is 0 Å². The van der Waals surface area contributed by atoms with E-state index in [4.69, 9.17) is 31.5 Å². The summed E-state index contributed by atoms with van der Waals surface area (Å²) >= 11 is 5.99. The van der Waals surface area contributed by atoms with E-state index in [-0.39, 0.29) is 0 Å². The second-order valence-electron chi connectivity index (χ2n) is 5.13. The van der Waals surface area contributed by atoms with Crippen molar-refractivity contribution in [2.24, 2.45) is 5.73 Å². The summed E-state index contributed by atoms with van der Waals surface area (Å²) in [5.74, 6) is 2.18. The van der Waals surface area contributed by atoms with Crippen LogP contribution in [-0.2, 0) is 6.42 Å². The zero-order valence-electron chi connectivity index (χ0n) is 13.5. The van der Waals surface area contributed by atoms with Gasteiger partial charge in [0.05, 0.1) is 7.11 Å². The number of halogens is 1. The maximum Gasteiger partial charge on any atom is 0.161 e. The summed E-state index contributed by atoms with van der Waals surface area (Å²) in [5, 5.41) is 0.732. The van der Waals surface area contributed by atoms with Gasteiger partial charge in [0.2, 0.25) is 0 Å². The van der Waals surface area contributed by atoms with Crippen LogP contribution in [0, 0.1) is 6.92 Å². The Labute approximate surface area is 142 Å². The molecule has 0 heterocycles. The summed E-state index contributed by atoms with van der Waals surface area (Å²) in [4.78, 5) is 0. The number of nitrogens with two attached hydrogens (primary N) is 1. The Morgan fingerprint density at radius 3 is 2.48 bits per heavy atom. The molecule has 0 fully saturated rings. The Hall–Kier alpha value is -1.91. The highest BCUT2D eigenvalue weighted by Gasteiger charge is 2.06. The van der Waals surface area contributed by atoms with Crippen molar-refractivity contribution >= 4 is 11.6 Å². The molecule has 0 aliphatic carbocycles. The van der Waals surface area contributed by atoms with Crippen molar-refractivity contribution in [1.82, 2.24) is 0 Å². The van der Waals surface area contributed by atoms with Gasteiger partial charge in [0.25, 0.3) is 0 Å². The average molecular weight is 336 g/mol. The van der Waals surface area contributed by atoms with Crippen molar-refractivity contribution < 1.29 is 14.2 Å². The monoisotopic (exact) mass is 335 g/mol. The van der Waals surface area contributed by atoms with Crippen LogP contribution in [0.2, 0.25) is 5.02 Å². The SMILES string of the molecule is COc1cc(CCN)ccc1OCCOc1ccc(Cl)c(C)c1. The first-order chi connectivity index (χ1) is 11.1. The fraction of sp³-hybridized carbons (Fsp3) is 0.333. The molecule has 0 aliphatic rings. The molecule has 2 N–H and O–H groups in total. The van der Waals surface area contributed by atoms with E-state index in [1.54, 1.807) is 7.11 Å². The van der Waals surface area contributed by atoms with Gasteiger partial charge in [0, 0.05) is 5.02 Å². The van der Waals surface area contributed by atoms with Crippen molar-refractivity contribution in [2.75, 3.05) is 26.9 Å². The zero-order valence-corrected chi connectivity index (χ0v) is 14.2. The molecular weight excluding hydrogens is 314 g/mol. The number of hydrogen-bond donors (Lipinski definition) is 1. The fourth-order valence-corrected chi connectivity index (χ4v) is 2.29. The van der Waals surface area contributed by atoms with E-state index < -0.39 is 0 Å². The topological polar surface area (TPSA) is 53.7 Å². The van der Waals surface area contributed by atoms with Gasteiger partial charge in [-0.05, 0) is 61.3 Å². The van der Waals surface area contributed by atoms with E-state index >= 15 is 0 Å². The lowest BCUT2D eigenvalue weighted by Crippen LogP contribution is -2.10. The lowest BCUT2D eigenvalue weighted by atomic mass is 10.1. The van der Waals surface area contributed by atoms with Gasteiger partial charge in [-0.3, -0.25) is 0 Å². The molecule has 0 spiro atoms. The van der Waals surface area contributed by atoms with Crippen LogP contribution in [0.3, 0.4) is 0 Å². The molecule has 0 saturated carbocycles. The van der Waals surface area contributed by atoms with Crippen LogP contribution in [0.1, 0.15) is 11.1 Å². The fourth-order valence-electron chi connectivity index (χ4n) is 2.17. The lowest BCUT2D eigenvalue weighted by Gasteiger charge is -2.13. The van der Waals surface area contributed by atoms with E-state index in [1.807, 2.05) is 43.3 Å². The second-order valence-corrected chi connectivity index (χ2v) is 5.54. The van der Waals surface area contributed by atoms with Crippen molar-refractivity contribution in [2.45, 2.75) is 13.3 Å². The van der Waals surface area contributed by atoms with Gasteiger partial charge in [0.1, 0.15) is 19.0 Å². The Morgan fingerprint density at radius 1 is 1.00 bits per heavy atom. The van der Waals surface area contributed by atoms with E-state index in [0.29, 0.717) is 31.3 Å². The van der Waals surface area contributed by atoms with Crippen molar-refractivity contribution in [3.63, 3.8) is 0 Å². The minimum atomic E-state index is 0.425.